The van der Waals surface area contributed by atoms with Gasteiger partial charge in [0, 0.05) is 5.56 Å². The molecule has 0 aromatic heterocycles. The van der Waals surface area contributed by atoms with Crippen molar-refractivity contribution in [2.45, 2.75) is 39.2 Å². The lowest BCUT2D eigenvalue weighted by atomic mass is 9.57. The van der Waals surface area contributed by atoms with Crippen molar-refractivity contribution in [2.24, 2.45) is 4.99 Å². The molecule has 0 amide bonds. The largest absolute Gasteiger partial charge is 0.508 e. The maximum absolute atomic E-state index is 12.7. The molecule has 1 unspecified atom stereocenters. The van der Waals surface area contributed by atoms with Crippen LogP contribution in [-0.2, 0) is 10.2 Å². The van der Waals surface area contributed by atoms with Gasteiger partial charge >= 0.3 is 0 Å². The molecule has 0 saturated carbocycles. The van der Waals surface area contributed by atoms with Crippen LogP contribution in [-0.4, -0.2) is 27.8 Å². The molecule has 1 aliphatic heterocycles. The van der Waals surface area contributed by atoms with E-state index in [2.05, 4.69) is 0 Å². The third-order valence-corrected chi connectivity index (χ3v) is 6.02. The van der Waals surface area contributed by atoms with Crippen LogP contribution < -0.4 is 0 Å². The van der Waals surface area contributed by atoms with Gasteiger partial charge in [-0.1, -0.05) is 6.08 Å². The van der Waals surface area contributed by atoms with Crippen LogP contribution in [0.3, 0.4) is 0 Å². The van der Waals surface area contributed by atoms with Crippen molar-refractivity contribution in [1.29, 1.82) is 0 Å². The Bertz CT molecular complexity index is 990. The summed E-state index contributed by atoms with van der Waals surface area (Å²) < 4.78 is 0. The molecular weight excluding hydrogens is 326 g/mol. The number of fused-ring (bicyclic) bond motifs is 4. The summed E-state index contributed by atoms with van der Waals surface area (Å²) in [5, 5.41) is 20.4. The molecule has 4 nitrogen and oxygen atoms in total. The standard InChI is InChI=1S/C22H21NO3/c1-11-13(3)22(14(4)12(2)21(11)26)17-9-15(24)5-7-19(17)23-20-8-6-16(25)10-18(20)22/h5-10,15,24-25H,1-4H3. The highest BCUT2D eigenvalue weighted by atomic mass is 16.3. The van der Waals surface area contributed by atoms with Crippen LogP contribution >= 0.6 is 0 Å². The molecule has 0 fully saturated rings. The highest BCUT2D eigenvalue weighted by molar-refractivity contribution is 6.18. The van der Waals surface area contributed by atoms with Crippen LogP contribution in [0.1, 0.15) is 33.3 Å². The lowest BCUT2D eigenvalue weighted by molar-refractivity contribution is -0.112. The average molecular weight is 347 g/mol. The number of benzene rings is 1. The van der Waals surface area contributed by atoms with Gasteiger partial charge in [0.1, 0.15) is 5.75 Å². The summed E-state index contributed by atoms with van der Waals surface area (Å²) in [6.07, 6.45) is 4.63. The van der Waals surface area contributed by atoms with Gasteiger partial charge in [-0.05, 0) is 85.9 Å². The number of rotatable bonds is 0. The molecule has 3 aliphatic rings. The van der Waals surface area contributed by atoms with Crippen molar-refractivity contribution in [3.8, 4) is 5.75 Å². The van der Waals surface area contributed by atoms with Crippen molar-refractivity contribution in [1.82, 2.24) is 0 Å². The number of aromatic hydroxyl groups is 1. The number of carbonyl (C=O) groups excluding carboxylic acids is 1. The zero-order valence-electron chi connectivity index (χ0n) is 15.3. The van der Waals surface area contributed by atoms with Gasteiger partial charge in [0.15, 0.2) is 5.78 Å². The topological polar surface area (TPSA) is 69.9 Å². The van der Waals surface area contributed by atoms with Crippen LogP contribution in [0.5, 0.6) is 5.75 Å². The van der Waals surface area contributed by atoms with Gasteiger partial charge < -0.3 is 10.2 Å². The monoisotopic (exact) mass is 347 g/mol. The van der Waals surface area contributed by atoms with E-state index in [1.807, 2.05) is 33.8 Å². The van der Waals surface area contributed by atoms with E-state index >= 15 is 0 Å². The van der Waals surface area contributed by atoms with E-state index in [9.17, 15) is 15.0 Å². The quantitative estimate of drug-likeness (QED) is 0.749. The lowest BCUT2D eigenvalue weighted by Gasteiger charge is -2.46. The SMILES string of the molecule is CC1=C(C)C2(C3=CC(O)C=CC3=Nc3ccc(O)cc32)C(C)=C(C)C1=O. The van der Waals surface area contributed by atoms with Crippen LogP contribution in [0.2, 0.25) is 0 Å². The zero-order valence-corrected chi connectivity index (χ0v) is 15.3. The van der Waals surface area contributed by atoms with Gasteiger partial charge in [-0.25, -0.2) is 4.99 Å². The van der Waals surface area contributed by atoms with Crippen molar-refractivity contribution in [2.75, 3.05) is 0 Å². The Morgan fingerprint density at radius 1 is 1.08 bits per heavy atom. The minimum atomic E-state index is -0.710. The number of carbonyl (C=O) groups is 1. The molecule has 1 aromatic rings. The number of allylic oxidation sites excluding steroid dienone is 6. The predicted octanol–water partition coefficient (Wildman–Crippen LogP) is 3.83. The molecule has 1 spiro atoms. The number of phenols is 1. The predicted molar refractivity (Wildman–Crippen MR) is 102 cm³/mol. The zero-order chi connectivity index (χ0) is 18.8. The average Bonchev–Trinajstić information content (AvgIpc) is 2.63. The number of aliphatic imine (C=N–C) groups is 1. The molecule has 0 saturated heterocycles. The minimum absolute atomic E-state index is 0.0453. The third kappa shape index (κ3) is 1.93. The van der Waals surface area contributed by atoms with Crippen LogP contribution in [0.4, 0.5) is 5.69 Å². The van der Waals surface area contributed by atoms with Crippen molar-refractivity contribution >= 4 is 17.2 Å². The third-order valence-electron chi connectivity index (χ3n) is 6.02. The fourth-order valence-electron chi connectivity index (χ4n) is 4.48. The molecule has 4 heteroatoms. The lowest BCUT2D eigenvalue weighted by Crippen LogP contribution is -2.42. The highest BCUT2D eigenvalue weighted by Gasteiger charge is 2.50. The first-order valence-electron chi connectivity index (χ1n) is 8.70. The highest BCUT2D eigenvalue weighted by Crippen LogP contribution is 2.56. The number of ketones is 1. The van der Waals surface area contributed by atoms with Gasteiger partial charge in [0.05, 0.1) is 22.9 Å². The molecule has 26 heavy (non-hydrogen) atoms. The van der Waals surface area contributed by atoms with E-state index in [0.29, 0.717) is 11.1 Å². The Morgan fingerprint density at radius 3 is 2.38 bits per heavy atom. The van der Waals surface area contributed by atoms with E-state index in [1.54, 1.807) is 30.4 Å². The number of nitrogens with zero attached hydrogens (tertiary/aromatic N) is 1. The molecular formula is C22H21NO3. The van der Waals surface area contributed by atoms with Gasteiger partial charge in [-0.3, -0.25) is 4.79 Å². The Hall–Kier alpha value is -2.72. The summed E-state index contributed by atoms with van der Waals surface area (Å²) in [6.45, 7) is 7.62. The molecule has 1 atom stereocenters. The number of aliphatic hydroxyl groups is 1. The molecule has 0 bridgehead atoms. The van der Waals surface area contributed by atoms with E-state index in [4.69, 9.17) is 4.99 Å². The number of Topliss-reactive ketones (excluding diaryl/α,β-unsaturated/α-hetero) is 1. The maximum atomic E-state index is 12.7. The summed E-state index contributed by atoms with van der Waals surface area (Å²) in [6, 6.07) is 5.15. The molecule has 1 heterocycles. The summed E-state index contributed by atoms with van der Waals surface area (Å²) in [5.74, 6) is 0.200. The molecule has 2 N–H and O–H groups in total. The minimum Gasteiger partial charge on any atom is -0.508 e. The molecule has 0 radical (unpaired) electrons. The van der Waals surface area contributed by atoms with Gasteiger partial charge in [-0.15, -0.1) is 0 Å². The first-order chi connectivity index (χ1) is 12.3. The maximum Gasteiger partial charge on any atom is 0.184 e. The van der Waals surface area contributed by atoms with Gasteiger partial charge in [0.25, 0.3) is 0 Å². The van der Waals surface area contributed by atoms with Gasteiger partial charge in [-0.2, -0.15) is 0 Å². The Labute approximate surface area is 152 Å². The normalized spacial score (nSPS) is 23.7. The smallest absolute Gasteiger partial charge is 0.184 e. The van der Waals surface area contributed by atoms with Crippen molar-refractivity contribution in [3.63, 3.8) is 0 Å². The summed E-state index contributed by atoms with van der Waals surface area (Å²) in [4.78, 5) is 17.4. The summed E-state index contributed by atoms with van der Waals surface area (Å²) in [7, 11) is 0. The van der Waals surface area contributed by atoms with E-state index in [-0.39, 0.29) is 11.5 Å². The second-order valence-electron chi connectivity index (χ2n) is 7.21. The molecule has 1 aromatic carbocycles. The van der Waals surface area contributed by atoms with E-state index in [1.165, 1.54) is 0 Å². The number of aliphatic hydroxyl groups excluding tert-OH is 1. The van der Waals surface area contributed by atoms with Crippen LogP contribution in [0, 0.1) is 0 Å². The first kappa shape index (κ1) is 16.7. The van der Waals surface area contributed by atoms with Gasteiger partial charge in [0.2, 0.25) is 0 Å². The number of phenolic OH excluding ortho intramolecular Hbond substituents is 1. The molecule has 132 valence electrons. The van der Waals surface area contributed by atoms with Crippen LogP contribution in [0.15, 0.2) is 69.3 Å². The fraction of sp³-hybridized carbons (Fsp3) is 0.273. The summed E-state index contributed by atoms with van der Waals surface area (Å²) in [5.41, 5.74) is 5.79. The molecule has 4 rings (SSSR count). The number of hydrogen-bond acceptors (Lipinski definition) is 4. The van der Waals surface area contributed by atoms with E-state index in [0.717, 1.165) is 33.7 Å². The van der Waals surface area contributed by atoms with E-state index < -0.39 is 11.5 Å². The molecule has 2 aliphatic carbocycles. The van der Waals surface area contributed by atoms with Crippen molar-refractivity contribution < 1.29 is 15.0 Å². The first-order valence-corrected chi connectivity index (χ1v) is 8.70. The summed E-state index contributed by atoms with van der Waals surface area (Å²) >= 11 is 0. The van der Waals surface area contributed by atoms with Crippen molar-refractivity contribution in [3.05, 3.63) is 69.9 Å². The second-order valence-corrected chi connectivity index (χ2v) is 7.21. The Balaban J connectivity index is 2.20. The van der Waals surface area contributed by atoms with Crippen LogP contribution in [0.25, 0.3) is 0 Å². The second kappa shape index (κ2) is 5.39. The fourth-order valence-corrected chi connectivity index (χ4v) is 4.48. The Morgan fingerprint density at radius 2 is 1.73 bits per heavy atom. The Kier molecular flexibility index (Phi) is 3.47. The number of hydrogen-bond donors (Lipinski definition) is 2.